The van der Waals surface area contributed by atoms with Gasteiger partial charge in [0.1, 0.15) is 11.6 Å². The van der Waals surface area contributed by atoms with Crippen LogP contribution in [0.4, 0.5) is 0 Å². The molecule has 2 amide bonds. The van der Waals surface area contributed by atoms with Gasteiger partial charge in [0.05, 0.1) is 37.2 Å². The number of nitrogens with one attached hydrogen (secondary N) is 1. The number of esters is 1. The van der Waals surface area contributed by atoms with E-state index in [-0.39, 0.29) is 25.0 Å². The summed E-state index contributed by atoms with van der Waals surface area (Å²) in [6, 6.07) is -1.32. The molecule has 3 saturated heterocycles. The summed E-state index contributed by atoms with van der Waals surface area (Å²) in [5, 5.41) is 12.8. The number of fused-ring (bicyclic) bond motifs is 1. The molecule has 158 valence electrons. The summed E-state index contributed by atoms with van der Waals surface area (Å²) in [5.41, 5.74) is -1.02. The van der Waals surface area contributed by atoms with Crippen LogP contribution in [0.1, 0.15) is 52.9 Å². The number of aliphatic hydroxyl groups is 1. The van der Waals surface area contributed by atoms with Gasteiger partial charge in [0.15, 0.2) is 0 Å². The van der Waals surface area contributed by atoms with E-state index in [0.717, 1.165) is 12.8 Å². The maximum absolute atomic E-state index is 13.4. The third-order valence-corrected chi connectivity index (χ3v) is 6.45. The highest BCUT2D eigenvalue weighted by Gasteiger charge is 2.75. The van der Waals surface area contributed by atoms with Crippen molar-refractivity contribution in [1.29, 1.82) is 0 Å². The van der Waals surface area contributed by atoms with E-state index >= 15 is 0 Å². The van der Waals surface area contributed by atoms with Crippen LogP contribution < -0.4 is 5.32 Å². The van der Waals surface area contributed by atoms with Crippen molar-refractivity contribution < 1.29 is 29.0 Å². The second kappa shape index (κ2) is 8.37. The van der Waals surface area contributed by atoms with E-state index in [1.54, 1.807) is 6.92 Å². The maximum Gasteiger partial charge on any atom is 0.312 e. The smallest absolute Gasteiger partial charge is 0.312 e. The van der Waals surface area contributed by atoms with Gasteiger partial charge in [-0.2, -0.15) is 0 Å². The molecule has 3 rings (SSSR count). The molecule has 8 heteroatoms. The van der Waals surface area contributed by atoms with Crippen LogP contribution in [0, 0.1) is 11.8 Å². The van der Waals surface area contributed by atoms with Crippen LogP contribution in [0.2, 0.25) is 0 Å². The molecule has 0 aromatic carbocycles. The fourth-order valence-corrected chi connectivity index (χ4v) is 5.19. The van der Waals surface area contributed by atoms with Crippen LogP contribution in [0.5, 0.6) is 0 Å². The predicted octanol–water partition coefficient (Wildman–Crippen LogP) is 0.611. The van der Waals surface area contributed by atoms with Crippen molar-refractivity contribution in [2.45, 2.75) is 76.7 Å². The third-order valence-electron chi connectivity index (χ3n) is 6.45. The first-order valence-electron chi connectivity index (χ1n) is 10.5. The quantitative estimate of drug-likeness (QED) is 0.437. The summed E-state index contributed by atoms with van der Waals surface area (Å²) < 4.78 is 11.5. The molecule has 1 spiro atoms. The van der Waals surface area contributed by atoms with Crippen LogP contribution >= 0.6 is 0 Å². The molecule has 3 fully saturated rings. The van der Waals surface area contributed by atoms with E-state index < -0.39 is 41.6 Å². The van der Waals surface area contributed by atoms with Crippen molar-refractivity contribution in [3.63, 3.8) is 0 Å². The molecule has 0 radical (unpaired) electrons. The average Bonchev–Trinajstić information content (AvgIpc) is 3.31. The van der Waals surface area contributed by atoms with E-state index in [0.29, 0.717) is 25.8 Å². The molecule has 8 nitrogen and oxygen atoms in total. The van der Waals surface area contributed by atoms with E-state index in [1.165, 1.54) is 4.90 Å². The minimum atomic E-state index is -1.02. The number of aliphatic hydroxyl groups excluding tert-OH is 1. The predicted molar refractivity (Wildman–Crippen MR) is 100 cm³/mol. The van der Waals surface area contributed by atoms with Crippen molar-refractivity contribution in [1.82, 2.24) is 10.2 Å². The normalized spacial score (nSPS) is 34.4. The number of likely N-dealkylation sites (tertiary alicyclic amines) is 1. The number of nitrogens with zero attached hydrogens (tertiary/aromatic N) is 1. The van der Waals surface area contributed by atoms with Crippen molar-refractivity contribution in [2.75, 3.05) is 19.8 Å². The van der Waals surface area contributed by atoms with Gasteiger partial charge in [-0.3, -0.25) is 14.4 Å². The van der Waals surface area contributed by atoms with Gasteiger partial charge in [-0.05, 0) is 32.6 Å². The fraction of sp³-hybridized carbons (Fsp3) is 0.850. The van der Waals surface area contributed by atoms with Gasteiger partial charge in [-0.1, -0.05) is 20.3 Å². The molecule has 0 aliphatic carbocycles. The highest BCUT2D eigenvalue weighted by molar-refractivity contribution is 5.98. The fourth-order valence-electron chi connectivity index (χ4n) is 5.19. The Morgan fingerprint density at radius 2 is 2.14 bits per heavy atom. The van der Waals surface area contributed by atoms with Crippen LogP contribution in [-0.2, 0) is 23.9 Å². The average molecular weight is 396 g/mol. The lowest BCUT2D eigenvalue weighted by Crippen LogP contribution is -2.58. The Kier molecular flexibility index (Phi) is 6.29. The van der Waals surface area contributed by atoms with Gasteiger partial charge < -0.3 is 24.8 Å². The van der Waals surface area contributed by atoms with Crippen molar-refractivity contribution in [3.8, 4) is 0 Å². The molecule has 2 unspecified atom stereocenters. The molecule has 0 aromatic rings. The highest BCUT2D eigenvalue weighted by atomic mass is 16.6. The Labute approximate surface area is 165 Å². The van der Waals surface area contributed by atoms with E-state index in [1.807, 2.05) is 13.8 Å². The summed E-state index contributed by atoms with van der Waals surface area (Å²) in [7, 11) is 0. The third kappa shape index (κ3) is 3.10. The van der Waals surface area contributed by atoms with Crippen LogP contribution in [0.3, 0.4) is 0 Å². The standard InChI is InChI=1S/C20H32N2O6/c1-4-7-10-21-17(24)16-20-9-8-13(28-20)14(19(26)27-6-3)15(20)18(25)22(16)12(5-2)11-23/h12-16,23H,4-11H2,1-3H3,(H,21,24)/t12-,13-,14+,15-,16?,20?/m0/s1. The van der Waals surface area contributed by atoms with Crippen molar-refractivity contribution >= 4 is 17.8 Å². The highest BCUT2D eigenvalue weighted by Crippen LogP contribution is 2.59. The summed E-state index contributed by atoms with van der Waals surface area (Å²) in [4.78, 5) is 40.7. The number of unbranched alkanes of at least 4 members (excludes halogenated alkanes) is 1. The number of hydrogen-bond donors (Lipinski definition) is 2. The molecule has 28 heavy (non-hydrogen) atoms. The monoisotopic (exact) mass is 396 g/mol. The largest absolute Gasteiger partial charge is 0.466 e. The molecule has 0 aromatic heterocycles. The van der Waals surface area contributed by atoms with Crippen LogP contribution in [0.15, 0.2) is 0 Å². The SMILES string of the molecule is CCCCNC(=O)C1N([C@@H](CC)CO)C(=O)[C@@H]2[C@H](C(=O)OCC)[C@@H]3CCC12O3. The van der Waals surface area contributed by atoms with Crippen molar-refractivity contribution in [3.05, 3.63) is 0 Å². The van der Waals surface area contributed by atoms with Gasteiger partial charge >= 0.3 is 5.97 Å². The summed E-state index contributed by atoms with van der Waals surface area (Å²) in [6.07, 6.45) is 3.07. The second-order valence-electron chi connectivity index (χ2n) is 7.94. The Morgan fingerprint density at radius 1 is 1.39 bits per heavy atom. The Morgan fingerprint density at radius 3 is 2.75 bits per heavy atom. The van der Waals surface area contributed by atoms with Crippen molar-refractivity contribution in [2.24, 2.45) is 11.8 Å². The van der Waals surface area contributed by atoms with E-state index in [2.05, 4.69) is 5.32 Å². The first-order chi connectivity index (χ1) is 13.5. The zero-order valence-electron chi connectivity index (χ0n) is 17.0. The maximum atomic E-state index is 13.4. The van der Waals surface area contributed by atoms with Gasteiger partial charge in [0.2, 0.25) is 11.8 Å². The molecule has 3 aliphatic rings. The first kappa shape index (κ1) is 21.0. The minimum absolute atomic E-state index is 0.231. The topological polar surface area (TPSA) is 105 Å². The number of hydrogen-bond acceptors (Lipinski definition) is 6. The van der Waals surface area contributed by atoms with Gasteiger partial charge in [-0.25, -0.2) is 0 Å². The lowest BCUT2D eigenvalue weighted by molar-refractivity contribution is -0.155. The Hall–Kier alpha value is -1.67. The molecular formula is C20H32N2O6. The number of ether oxygens (including phenoxy) is 2. The second-order valence-corrected chi connectivity index (χ2v) is 7.94. The molecule has 3 aliphatic heterocycles. The molecule has 6 atom stereocenters. The van der Waals surface area contributed by atoms with Crippen LogP contribution in [-0.4, -0.2) is 71.3 Å². The van der Waals surface area contributed by atoms with E-state index in [9.17, 15) is 19.5 Å². The van der Waals surface area contributed by atoms with Gasteiger partial charge in [-0.15, -0.1) is 0 Å². The molecule has 0 saturated carbocycles. The molecular weight excluding hydrogens is 364 g/mol. The van der Waals surface area contributed by atoms with Gasteiger partial charge in [0, 0.05) is 6.54 Å². The van der Waals surface area contributed by atoms with Gasteiger partial charge in [0.25, 0.3) is 0 Å². The summed E-state index contributed by atoms with van der Waals surface area (Å²) in [5.74, 6) is -2.39. The Bertz CT molecular complexity index is 622. The molecule has 3 heterocycles. The van der Waals surface area contributed by atoms with E-state index in [4.69, 9.17) is 9.47 Å². The van der Waals surface area contributed by atoms with Crippen LogP contribution in [0.25, 0.3) is 0 Å². The number of carbonyl (C=O) groups excluding carboxylic acids is 3. The molecule has 2 bridgehead atoms. The number of amides is 2. The Balaban J connectivity index is 1.97. The molecule has 2 N–H and O–H groups in total. The zero-order valence-corrected chi connectivity index (χ0v) is 17.0. The first-order valence-corrected chi connectivity index (χ1v) is 10.5. The lowest BCUT2D eigenvalue weighted by atomic mass is 9.71. The summed E-state index contributed by atoms with van der Waals surface area (Å²) >= 11 is 0. The summed E-state index contributed by atoms with van der Waals surface area (Å²) in [6.45, 7) is 6.15. The lowest BCUT2D eigenvalue weighted by Gasteiger charge is -2.36. The minimum Gasteiger partial charge on any atom is -0.466 e. The zero-order chi connectivity index (χ0) is 20.5. The number of rotatable bonds is 9. The number of carbonyl (C=O) groups is 3.